The van der Waals surface area contributed by atoms with Crippen molar-refractivity contribution in [1.82, 2.24) is 9.97 Å². The van der Waals surface area contributed by atoms with Gasteiger partial charge in [0.15, 0.2) is 0 Å². The first-order valence-corrected chi connectivity index (χ1v) is 5.07. The lowest BCUT2D eigenvalue weighted by Crippen LogP contribution is -2.18. The van der Waals surface area contributed by atoms with Gasteiger partial charge in [-0.05, 0) is 17.7 Å². The van der Waals surface area contributed by atoms with E-state index < -0.39 is 0 Å². The van der Waals surface area contributed by atoms with Crippen LogP contribution in [0.25, 0.3) is 11.0 Å². The lowest BCUT2D eigenvalue weighted by Gasteiger charge is -2.16. The predicted molar refractivity (Wildman–Crippen MR) is 60.4 cm³/mol. The van der Waals surface area contributed by atoms with Gasteiger partial charge in [-0.15, -0.1) is 0 Å². The van der Waals surface area contributed by atoms with E-state index in [1.54, 1.807) is 0 Å². The normalized spacial score (nSPS) is 17.7. The van der Waals surface area contributed by atoms with Crippen LogP contribution in [0.4, 0.5) is 5.69 Å². The smallest absolute Gasteiger partial charge is 0.323 e. The van der Waals surface area contributed by atoms with Gasteiger partial charge >= 0.3 is 5.69 Å². The fourth-order valence-electron chi connectivity index (χ4n) is 2.20. The van der Waals surface area contributed by atoms with Gasteiger partial charge < -0.3 is 15.3 Å². The van der Waals surface area contributed by atoms with Gasteiger partial charge in [0.2, 0.25) is 0 Å². The van der Waals surface area contributed by atoms with E-state index >= 15 is 0 Å². The Morgan fingerprint density at radius 2 is 1.87 bits per heavy atom. The molecule has 0 bridgehead atoms. The van der Waals surface area contributed by atoms with Crippen LogP contribution in [0.15, 0.2) is 16.9 Å². The Morgan fingerprint density at radius 3 is 2.60 bits per heavy atom. The molecule has 15 heavy (non-hydrogen) atoms. The van der Waals surface area contributed by atoms with Crippen molar-refractivity contribution in [2.24, 2.45) is 0 Å². The summed E-state index contributed by atoms with van der Waals surface area (Å²) in [7, 11) is 0. The van der Waals surface area contributed by atoms with E-state index in [9.17, 15) is 4.79 Å². The van der Waals surface area contributed by atoms with Crippen molar-refractivity contribution >= 4 is 16.7 Å². The zero-order valence-corrected chi connectivity index (χ0v) is 8.77. The molecule has 2 heterocycles. The number of aromatic nitrogens is 2. The fourth-order valence-corrected chi connectivity index (χ4v) is 2.20. The topological polar surface area (TPSA) is 60.7 Å². The van der Waals surface area contributed by atoms with Crippen LogP contribution in [-0.4, -0.2) is 16.5 Å². The van der Waals surface area contributed by atoms with E-state index in [1.807, 2.05) is 6.07 Å². The SMILES string of the molecule is CC1(C)CNc2cc3[nH]c(=O)[nH]c3cc21. The summed E-state index contributed by atoms with van der Waals surface area (Å²) in [6.45, 7) is 5.34. The van der Waals surface area contributed by atoms with Crippen molar-refractivity contribution in [2.75, 3.05) is 11.9 Å². The van der Waals surface area contributed by atoms with Gasteiger partial charge in [0.1, 0.15) is 0 Å². The summed E-state index contributed by atoms with van der Waals surface area (Å²) in [5, 5.41) is 3.36. The van der Waals surface area contributed by atoms with Gasteiger partial charge in [-0.3, -0.25) is 0 Å². The van der Waals surface area contributed by atoms with Gasteiger partial charge in [0.05, 0.1) is 11.0 Å². The minimum absolute atomic E-state index is 0.137. The minimum atomic E-state index is -0.147. The number of imidazole rings is 1. The Morgan fingerprint density at radius 1 is 1.20 bits per heavy atom. The molecule has 1 aliphatic heterocycles. The second kappa shape index (κ2) is 2.45. The number of anilines is 1. The maximum absolute atomic E-state index is 11.1. The van der Waals surface area contributed by atoms with E-state index in [-0.39, 0.29) is 11.1 Å². The number of hydrogen-bond acceptors (Lipinski definition) is 2. The van der Waals surface area contributed by atoms with E-state index in [1.165, 1.54) is 5.56 Å². The van der Waals surface area contributed by atoms with Crippen molar-refractivity contribution in [3.8, 4) is 0 Å². The van der Waals surface area contributed by atoms with Crippen LogP contribution in [0.1, 0.15) is 19.4 Å². The summed E-state index contributed by atoms with van der Waals surface area (Å²) >= 11 is 0. The Bertz CT molecular complexity index is 591. The third-order valence-corrected chi connectivity index (χ3v) is 3.10. The summed E-state index contributed by atoms with van der Waals surface area (Å²) in [6.07, 6.45) is 0. The molecule has 0 radical (unpaired) electrons. The second-order valence-electron chi connectivity index (χ2n) is 4.76. The van der Waals surface area contributed by atoms with E-state index in [4.69, 9.17) is 0 Å². The third kappa shape index (κ3) is 1.11. The molecule has 2 aromatic rings. The molecule has 3 rings (SSSR count). The monoisotopic (exact) mass is 203 g/mol. The molecule has 0 amide bonds. The number of benzene rings is 1. The molecule has 0 fully saturated rings. The molecule has 0 atom stereocenters. The van der Waals surface area contributed by atoms with Crippen molar-refractivity contribution in [3.05, 3.63) is 28.2 Å². The average Bonchev–Trinajstić information content (AvgIpc) is 2.64. The quantitative estimate of drug-likeness (QED) is 0.608. The van der Waals surface area contributed by atoms with Crippen LogP contribution in [0, 0.1) is 0 Å². The van der Waals surface area contributed by atoms with Crippen molar-refractivity contribution in [1.29, 1.82) is 0 Å². The van der Waals surface area contributed by atoms with Crippen molar-refractivity contribution in [3.63, 3.8) is 0 Å². The number of H-pyrrole nitrogens is 2. The Hall–Kier alpha value is -1.71. The Kier molecular flexibility index (Phi) is 1.40. The fraction of sp³-hybridized carbons (Fsp3) is 0.364. The summed E-state index contributed by atoms with van der Waals surface area (Å²) in [5.74, 6) is 0. The van der Waals surface area contributed by atoms with Crippen LogP contribution >= 0.6 is 0 Å². The second-order valence-corrected chi connectivity index (χ2v) is 4.76. The number of aromatic amines is 2. The maximum atomic E-state index is 11.1. The molecule has 3 N–H and O–H groups in total. The summed E-state index contributed by atoms with van der Waals surface area (Å²) < 4.78 is 0. The molecule has 78 valence electrons. The lowest BCUT2D eigenvalue weighted by molar-refractivity contribution is 0.586. The molecule has 0 spiro atoms. The van der Waals surface area contributed by atoms with Crippen molar-refractivity contribution < 1.29 is 0 Å². The minimum Gasteiger partial charge on any atom is -0.384 e. The van der Waals surface area contributed by atoms with Gasteiger partial charge in [-0.1, -0.05) is 13.8 Å². The number of nitrogens with one attached hydrogen (secondary N) is 3. The lowest BCUT2D eigenvalue weighted by atomic mass is 9.87. The highest BCUT2D eigenvalue weighted by Gasteiger charge is 2.30. The summed E-state index contributed by atoms with van der Waals surface area (Å²) in [5.41, 5.74) is 4.14. The maximum Gasteiger partial charge on any atom is 0.323 e. The molecule has 4 heteroatoms. The number of hydrogen-bond donors (Lipinski definition) is 3. The molecular formula is C11H13N3O. The van der Waals surface area contributed by atoms with Gasteiger partial charge in [-0.25, -0.2) is 4.79 Å². The van der Waals surface area contributed by atoms with Gasteiger partial charge in [0.25, 0.3) is 0 Å². The van der Waals surface area contributed by atoms with Crippen LogP contribution in [0.2, 0.25) is 0 Å². The van der Waals surface area contributed by atoms with E-state index in [0.29, 0.717) is 0 Å². The molecule has 1 aliphatic rings. The highest BCUT2D eigenvalue weighted by molar-refractivity contribution is 5.82. The van der Waals surface area contributed by atoms with Gasteiger partial charge in [-0.2, -0.15) is 0 Å². The molecule has 1 aromatic heterocycles. The zero-order valence-electron chi connectivity index (χ0n) is 8.77. The Labute approximate surface area is 86.7 Å². The predicted octanol–water partition coefficient (Wildman–Crippen LogP) is 1.56. The van der Waals surface area contributed by atoms with Crippen LogP contribution < -0.4 is 11.0 Å². The third-order valence-electron chi connectivity index (χ3n) is 3.10. The molecule has 0 saturated heterocycles. The first-order chi connectivity index (χ1) is 7.06. The first-order valence-electron chi connectivity index (χ1n) is 5.07. The van der Waals surface area contributed by atoms with Gasteiger partial charge in [0, 0.05) is 17.6 Å². The van der Waals surface area contributed by atoms with E-state index in [2.05, 4.69) is 35.2 Å². The molecule has 4 nitrogen and oxygen atoms in total. The molecule has 1 aromatic carbocycles. The van der Waals surface area contributed by atoms with E-state index in [0.717, 1.165) is 23.3 Å². The average molecular weight is 203 g/mol. The first kappa shape index (κ1) is 8.59. The van der Waals surface area contributed by atoms with Crippen molar-refractivity contribution in [2.45, 2.75) is 19.3 Å². The molecular weight excluding hydrogens is 190 g/mol. The molecule has 0 unspecified atom stereocenters. The largest absolute Gasteiger partial charge is 0.384 e. The van der Waals surface area contributed by atoms with Crippen LogP contribution in [-0.2, 0) is 5.41 Å². The van der Waals surface area contributed by atoms with Crippen LogP contribution in [0.3, 0.4) is 0 Å². The number of fused-ring (bicyclic) bond motifs is 2. The van der Waals surface area contributed by atoms with Crippen LogP contribution in [0.5, 0.6) is 0 Å². The summed E-state index contributed by atoms with van der Waals surface area (Å²) in [4.78, 5) is 16.7. The highest BCUT2D eigenvalue weighted by Crippen LogP contribution is 2.37. The zero-order chi connectivity index (χ0) is 10.6. The number of rotatable bonds is 0. The summed E-state index contributed by atoms with van der Waals surface area (Å²) in [6, 6.07) is 4.06. The highest BCUT2D eigenvalue weighted by atomic mass is 16.1. The molecule has 0 saturated carbocycles. The Balaban J connectivity index is 2.36. The standard InChI is InChI=1S/C11H13N3O/c1-11(2)5-12-7-4-9-8(3-6(7)11)13-10(15)14-9/h3-4,12H,5H2,1-2H3,(H2,13,14,15). The molecule has 0 aliphatic carbocycles.